The minimum atomic E-state index is -0.261. The lowest BCUT2D eigenvalue weighted by Gasteiger charge is -2.14. The van der Waals surface area contributed by atoms with Crippen molar-refractivity contribution in [1.29, 1.82) is 0 Å². The lowest BCUT2D eigenvalue weighted by atomic mass is 10.0. The van der Waals surface area contributed by atoms with E-state index in [9.17, 15) is 4.79 Å². The first-order chi connectivity index (χ1) is 8.69. The molecule has 0 aliphatic heterocycles. The maximum atomic E-state index is 11.8. The molecule has 0 aromatic carbocycles. The number of carbonyl (C=O) groups excluding carboxylic acids is 1. The fourth-order valence-electron chi connectivity index (χ4n) is 1.67. The van der Waals surface area contributed by atoms with Crippen LogP contribution in [0, 0.1) is 5.92 Å². The maximum absolute atomic E-state index is 11.8. The summed E-state index contributed by atoms with van der Waals surface area (Å²) in [5.74, 6) is 0.215. The molecule has 2 nitrogen and oxygen atoms in total. The summed E-state index contributed by atoms with van der Waals surface area (Å²) < 4.78 is 5.35. The van der Waals surface area contributed by atoms with E-state index in [1.54, 1.807) is 18.2 Å². The molecule has 0 fully saturated rings. The number of unbranched alkanes of at least 4 members (excludes halogenated alkanes) is 1. The van der Waals surface area contributed by atoms with E-state index in [2.05, 4.69) is 20.4 Å². The van der Waals surface area contributed by atoms with Crippen LogP contribution in [-0.2, 0) is 9.53 Å². The van der Waals surface area contributed by atoms with Gasteiger partial charge in [-0.2, -0.15) is 0 Å². The van der Waals surface area contributed by atoms with Crippen molar-refractivity contribution in [3.05, 3.63) is 36.5 Å². The fourth-order valence-corrected chi connectivity index (χ4v) is 1.67. The van der Waals surface area contributed by atoms with Gasteiger partial charge in [0.15, 0.2) is 0 Å². The van der Waals surface area contributed by atoms with E-state index < -0.39 is 0 Å². The zero-order chi connectivity index (χ0) is 13.8. The van der Waals surface area contributed by atoms with Gasteiger partial charge in [-0.05, 0) is 25.3 Å². The second-order valence-corrected chi connectivity index (χ2v) is 4.37. The van der Waals surface area contributed by atoms with Crippen molar-refractivity contribution in [3.8, 4) is 0 Å². The van der Waals surface area contributed by atoms with Gasteiger partial charge in [-0.25, -0.2) is 4.79 Å². The topological polar surface area (TPSA) is 26.3 Å². The van der Waals surface area contributed by atoms with Gasteiger partial charge < -0.3 is 4.74 Å². The van der Waals surface area contributed by atoms with Crippen molar-refractivity contribution in [2.75, 3.05) is 6.61 Å². The van der Waals surface area contributed by atoms with Crippen molar-refractivity contribution in [1.82, 2.24) is 0 Å². The first-order valence-corrected chi connectivity index (χ1v) is 6.82. The summed E-state index contributed by atoms with van der Waals surface area (Å²) in [4.78, 5) is 11.8. The van der Waals surface area contributed by atoms with Gasteiger partial charge >= 0.3 is 5.97 Å². The predicted molar refractivity (Wildman–Crippen MR) is 77.4 cm³/mol. The molecular weight excluding hydrogens is 224 g/mol. The maximum Gasteiger partial charge on any atom is 0.338 e. The number of ether oxygens (including phenoxy) is 1. The fraction of sp³-hybridized carbons (Fsp3) is 0.562. The number of allylic oxidation sites excluding steroid dienone is 3. The van der Waals surface area contributed by atoms with E-state index in [4.69, 9.17) is 4.74 Å². The molecule has 0 N–H and O–H groups in total. The number of hydrogen-bond acceptors (Lipinski definition) is 2. The summed E-state index contributed by atoms with van der Waals surface area (Å²) in [6.07, 6.45) is 11.4. The molecule has 0 aliphatic carbocycles. The van der Waals surface area contributed by atoms with Crippen LogP contribution in [0.25, 0.3) is 0 Å². The number of rotatable bonds is 9. The monoisotopic (exact) mass is 250 g/mol. The van der Waals surface area contributed by atoms with Gasteiger partial charge in [0.2, 0.25) is 0 Å². The van der Waals surface area contributed by atoms with Crippen molar-refractivity contribution in [2.24, 2.45) is 5.92 Å². The normalized spacial score (nSPS) is 13.6. The van der Waals surface area contributed by atoms with Gasteiger partial charge in [0.1, 0.15) is 0 Å². The van der Waals surface area contributed by atoms with Crippen molar-refractivity contribution >= 4 is 5.97 Å². The SMILES string of the molecule is C=C/C=C(\C=C/C)C(=O)OCC(CC)CCCC. The van der Waals surface area contributed by atoms with Gasteiger partial charge in [-0.3, -0.25) is 0 Å². The summed E-state index contributed by atoms with van der Waals surface area (Å²) in [5.41, 5.74) is 0.554. The quantitative estimate of drug-likeness (QED) is 0.343. The average molecular weight is 250 g/mol. The second-order valence-electron chi connectivity index (χ2n) is 4.37. The highest BCUT2D eigenvalue weighted by Crippen LogP contribution is 2.14. The lowest BCUT2D eigenvalue weighted by Crippen LogP contribution is -2.14. The molecule has 18 heavy (non-hydrogen) atoms. The predicted octanol–water partition coefficient (Wildman–Crippen LogP) is 4.43. The smallest absolute Gasteiger partial charge is 0.338 e. The molecule has 1 atom stereocenters. The minimum absolute atomic E-state index is 0.261. The molecule has 0 aliphatic rings. The highest BCUT2D eigenvalue weighted by molar-refractivity contribution is 5.91. The highest BCUT2D eigenvalue weighted by Gasteiger charge is 2.11. The van der Waals surface area contributed by atoms with E-state index in [1.807, 2.05) is 13.0 Å². The molecule has 0 bridgehead atoms. The van der Waals surface area contributed by atoms with Crippen LogP contribution in [0.5, 0.6) is 0 Å². The van der Waals surface area contributed by atoms with Crippen molar-refractivity contribution in [3.63, 3.8) is 0 Å². The molecule has 0 radical (unpaired) electrons. The van der Waals surface area contributed by atoms with E-state index in [0.29, 0.717) is 18.1 Å². The van der Waals surface area contributed by atoms with Crippen LogP contribution in [0.4, 0.5) is 0 Å². The molecule has 0 aromatic heterocycles. The molecule has 0 aromatic rings. The molecule has 2 heteroatoms. The zero-order valence-electron chi connectivity index (χ0n) is 11.9. The van der Waals surface area contributed by atoms with Gasteiger partial charge in [-0.15, -0.1) is 0 Å². The van der Waals surface area contributed by atoms with Crippen molar-refractivity contribution in [2.45, 2.75) is 46.5 Å². The Balaban J connectivity index is 4.28. The Labute approximate surface area is 111 Å². The minimum Gasteiger partial charge on any atom is -0.462 e. The Morgan fingerprint density at radius 3 is 2.61 bits per heavy atom. The van der Waals surface area contributed by atoms with E-state index >= 15 is 0 Å². The Bertz CT molecular complexity index is 300. The molecule has 102 valence electrons. The summed E-state index contributed by atoms with van der Waals surface area (Å²) >= 11 is 0. The van der Waals surface area contributed by atoms with Crippen LogP contribution < -0.4 is 0 Å². The largest absolute Gasteiger partial charge is 0.462 e. The molecule has 0 amide bonds. The Hall–Kier alpha value is -1.31. The lowest BCUT2D eigenvalue weighted by molar-refractivity contribution is -0.140. The molecular formula is C16H26O2. The average Bonchev–Trinajstić information content (AvgIpc) is 2.38. The van der Waals surface area contributed by atoms with Crippen LogP contribution in [0.2, 0.25) is 0 Å². The summed E-state index contributed by atoms with van der Waals surface area (Å²) in [6.45, 7) is 10.3. The van der Waals surface area contributed by atoms with Crippen LogP contribution in [-0.4, -0.2) is 12.6 Å². The molecule has 0 spiro atoms. The van der Waals surface area contributed by atoms with E-state index in [-0.39, 0.29) is 5.97 Å². The van der Waals surface area contributed by atoms with E-state index in [1.165, 1.54) is 12.8 Å². The summed E-state index contributed by atoms with van der Waals surface area (Å²) in [6, 6.07) is 0. The van der Waals surface area contributed by atoms with Crippen LogP contribution in [0.15, 0.2) is 36.5 Å². The third-order valence-electron chi connectivity index (χ3n) is 2.87. The van der Waals surface area contributed by atoms with Crippen LogP contribution in [0.3, 0.4) is 0 Å². The number of hydrogen-bond donors (Lipinski definition) is 0. The third kappa shape index (κ3) is 7.10. The van der Waals surface area contributed by atoms with E-state index in [0.717, 1.165) is 12.8 Å². The molecule has 0 rings (SSSR count). The van der Waals surface area contributed by atoms with Gasteiger partial charge in [0.05, 0.1) is 12.2 Å². The van der Waals surface area contributed by atoms with Gasteiger partial charge in [-0.1, -0.05) is 57.9 Å². The third-order valence-corrected chi connectivity index (χ3v) is 2.87. The Kier molecular flexibility index (Phi) is 10.0. The highest BCUT2D eigenvalue weighted by atomic mass is 16.5. The first-order valence-electron chi connectivity index (χ1n) is 6.82. The van der Waals surface area contributed by atoms with Crippen LogP contribution in [0.1, 0.15) is 46.5 Å². The number of carbonyl (C=O) groups is 1. The number of esters is 1. The Morgan fingerprint density at radius 1 is 1.39 bits per heavy atom. The van der Waals surface area contributed by atoms with Gasteiger partial charge in [0.25, 0.3) is 0 Å². The molecule has 0 heterocycles. The molecule has 1 unspecified atom stereocenters. The Morgan fingerprint density at radius 2 is 2.11 bits per heavy atom. The second kappa shape index (κ2) is 10.8. The standard InChI is InChI=1S/C16H26O2/c1-5-9-12-14(8-4)13-18-16(17)15(10-6-2)11-7-3/h6-7,10-11,14H,2,5,8-9,12-13H2,1,3-4H3/b11-7-,15-10+. The van der Waals surface area contributed by atoms with Crippen molar-refractivity contribution < 1.29 is 9.53 Å². The van der Waals surface area contributed by atoms with Gasteiger partial charge in [0, 0.05) is 0 Å². The molecule has 0 saturated heterocycles. The summed E-state index contributed by atoms with van der Waals surface area (Å²) in [7, 11) is 0. The first kappa shape index (κ1) is 16.7. The molecule has 0 saturated carbocycles. The summed E-state index contributed by atoms with van der Waals surface area (Å²) in [5, 5.41) is 0. The zero-order valence-corrected chi connectivity index (χ0v) is 11.9. The van der Waals surface area contributed by atoms with Crippen LogP contribution >= 0.6 is 0 Å².